The van der Waals surface area contributed by atoms with E-state index in [1.165, 1.54) is 5.56 Å². The van der Waals surface area contributed by atoms with Gasteiger partial charge in [0.1, 0.15) is 0 Å². The largest absolute Gasteiger partial charge is 0.373 e. The van der Waals surface area contributed by atoms with Crippen molar-refractivity contribution in [2.75, 3.05) is 6.61 Å². The van der Waals surface area contributed by atoms with E-state index in [4.69, 9.17) is 4.74 Å². The molecule has 104 valence electrons. The highest BCUT2D eigenvalue weighted by atomic mass is 32.2. The number of unbranched alkanes of at least 4 members (excludes halogenated alkanes) is 1. The molecule has 0 aromatic heterocycles. The number of ether oxygens (including phenoxy) is 1. The van der Waals surface area contributed by atoms with E-state index >= 15 is 0 Å². The molecule has 1 aromatic carbocycles. The van der Waals surface area contributed by atoms with Crippen molar-refractivity contribution in [2.45, 2.75) is 49.4 Å². The van der Waals surface area contributed by atoms with Crippen LogP contribution in [0.2, 0.25) is 0 Å². The minimum Gasteiger partial charge on any atom is -0.373 e. The number of aryl methyl sites for hydroxylation is 1. The molecule has 0 amide bonds. The molecule has 0 spiro atoms. The van der Waals surface area contributed by atoms with Crippen molar-refractivity contribution in [1.82, 2.24) is 0 Å². The molecule has 1 aliphatic rings. The Kier molecular flexibility index (Phi) is 5.34. The van der Waals surface area contributed by atoms with E-state index in [1.807, 2.05) is 37.3 Å². The van der Waals surface area contributed by atoms with Gasteiger partial charge in [0, 0.05) is 4.90 Å². The summed E-state index contributed by atoms with van der Waals surface area (Å²) < 4.78 is 18.4. The molecule has 2 nitrogen and oxygen atoms in total. The molecular formula is C16H22O2S. The molecule has 1 heterocycles. The molecule has 19 heavy (non-hydrogen) atoms. The third-order valence-electron chi connectivity index (χ3n) is 3.44. The third-order valence-corrected chi connectivity index (χ3v) is 5.13. The highest BCUT2D eigenvalue weighted by Gasteiger charge is 2.28. The Morgan fingerprint density at radius 1 is 1.32 bits per heavy atom. The number of rotatable bonds is 5. The standard InChI is InChI=1S/C16H22O2S/c1-3-4-6-15-16(7-5-12-18-15)19(17)14-10-8-13(2)9-11-14/h5,7-11,15-16H,3-4,6,12H2,1-2H3/t15-,16+,19?/m0/s1. The maximum atomic E-state index is 12.7. The smallest absolute Gasteiger partial charge is 0.0837 e. The molecule has 0 saturated heterocycles. The van der Waals surface area contributed by atoms with Gasteiger partial charge in [-0.2, -0.15) is 0 Å². The molecule has 3 heteroatoms. The van der Waals surface area contributed by atoms with E-state index in [2.05, 4.69) is 13.0 Å². The lowest BCUT2D eigenvalue weighted by atomic mass is 10.1. The fourth-order valence-corrected chi connectivity index (χ4v) is 3.74. The molecule has 2 rings (SSSR count). The molecule has 0 saturated carbocycles. The first-order valence-electron chi connectivity index (χ1n) is 6.98. The molecule has 0 bridgehead atoms. The first kappa shape index (κ1) is 14.5. The minimum absolute atomic E-state index is 0.0111. The molecule has 0 aliphatic carbocycles. The zero-order valence-corrected chi connectivity index (χ0v) is 12.5. The van der Waals surface area contributed by atoms with Gasteiger partial charge in [-0.1, -0.05) is 49.6 Å². The predicted molar refractivity (Wildman–Crippen MR) is 79.8 cm³/mol. The Morgan fingerprint density at radius 3 is 2.74 bits per heavy atom. The van der Waals surface area contributed by atoms with Gasteiger partial charge in [0.2, 0.25) is 0 Å². The van der Waals surface area contributed by atoms with E-state index < -0.39 is 10.8 Å². The van der Waals surface area contributed by atoms with Gasteiger partial charge in [0.15, 0.2) is 0 Å². The molecule has 0 radical (unpaired) electrons. The summed E-state index contributed by atoms with van der Waals surface area (Å²) in [4.78, 5) is 0.896. The van der Waals surface area contributed by atoms with Crippen LogP contribution in [-0.2, 0) is 15.5 Å². The molecule has 1 aliphatic heterocycles. The summed E-state index contributed by atoms with van der Waals surface area (Å²) in [5.74, 6) is 0. The lowest BCUT2D eigenvalue weighted by molar-refractivity contribution is 0.0632. The summed E-state index contributed by atoms with van der Waals surface area (Å²) in [6.07, 6.45) is 7.41. The minimum atomic E-state index is -1.02. The summed E-state index contributed by atoms with van der Waals surface area (Å²) >= 11 is 0. The van der Waals surface area contributed by atoms with Gasteiger partial charge in [0.05, 0.1) is 28.8 Å². The fraction of sp³-hybridized carbons (Fsp3) is 0.500. The van der Waals surface area contributed by atoms with Gasteiger partial charge >= 0.3 is 0 Å². The van der Waals surface area contributed by atoms with Crippen LogP contribution < -0.4 is 0 Å². The van der Waals surface area contributed by atoms with Crippen molar-refractivity contribution in [3.8, 4) is 0 Å². The maximum Gasteiger partial charge on any atom is 0.0837 e. The van der Waals surface area contributed by atoms with Crippen molar-refractivity contribution in [3.63, 3.8) is 0 Å². The van der Waals surface area contributed by atoms with Gasteiger partial charge in [-0.05, 0) is 25.5 Å². The topological polar surface area (TPSA) is 26.3 Å². The SMILES string of the molecule is CCCC[C@@H]1OCC=C[C@H]1S(=O)c1ccc(C)cc1. The predicted octanol–water partition coefficient (Wildman–Crippen LogP) is 3.62. The summed E-state index contributed by atoms with van der Waals surface area (Å²) in [6, 6.07) is 7.96. The van der Waals surface area contributed by atoms with E-state index in [0.717, 1.165) is 24.2 Å². The van der Waals surface area contributed by atoms with Gasteiger partial charge < -0.3 is 4.74 Å². The van der Waals surface area contributed by atoms with Crippen molar-refractivity contribution < 1.29 is 8.95 Å². The van der Waals surface area contributed by atoms with E-state index in [0.29, 0.717) is 6.61 Å². The van der Waals surface area contributed by atoms with Crippen LogP contribution >= 0.6 is 0 Å². The van der Waals surface area contributed by atoms with Crippen molar-refractivity contribution in [3.05, 3.63) is 42.0 Å². The Morgan fingerprint density at radius 2 is 2.05 bits per heavy atom. The van der Waals surface area contributed by atoms with Gasteiger partial charge in [-0.3, -0.25) is 4.21 Å². The van der Waals surface area contributed by atoms with Crippen LogP contribution in [0.25, 0.3) is 0 Å². The molecule has 1 aromatic rings. The van der Waals surface area contributed by atoms with Crippen LogP contribution in [0.4, 0.5) is 0 Å². The van der Waals surface area contributed by atoms with Gasteiger partial charge in [-0.25, -0.2) is 0 Å². The normalized spacial score (nSPS) is 24.3. The molecular weight excluding hydrogens is 256 g/mol. The summed E-state index contributed by atoms with van der Waals surface area (Å²) in [7, 11) is -1.02. The van der Waals surface area contributed by atoms with Gasteiger partial charge in [0.25, 0.3) is 0 Å². The van der Waals surface area contributed by atoms with Crippen LogP contribution in [0, 0.1) is 6.92 Å². The highest BCUT2D eigenvalue weighted by molar-refractivity contribution is 7.86. The number of hydrogen-bond acceptors (Lipinski definition) is 2. The Labute approximate surface area is 118 Å². The molecule has 0 fully saturated rings. The van der Waals surface area contributed by atoms with Crippen molar-refractivity contribution >= 4 is 10.8 Å². The first-order valence-corrected chi connectivity index (χ1v) is 8.19. The zero-order chi connectivity index (χ0) is 13.7. The van der Waals surface area contributed by atoms with Crippen molar-refractivity contribution in [2.24, 2.45) is 0 Å². The van der Waals surface area contributed by atoms with Crippen LogP contribution in [0.3, 0.4) is 0 Å². The zero-order valence-electron chi connectivity index (χ0n) is 11.7. The average Bonchev–Trinajstić information content (AvgIpc) is 2.45. The second-order valence-corrected chi connectivity index (χ2v) is 6.63. The van der Waals surface area contributed by atoms with E-state index in [9.17, 15) is 4.21 Å². The van der Waals surface area contributed by atoms with E-state index in [1.54, 1.807) is 0 Å². The van der Waals surface area contributed by atoms with E-state index in [-0.39, 0.29) is 11.4 Å². The summed E-state index contributed by atoms with van der Waals surface area (Å²) in [5, 5.41) is -0.0111. The summed E-state index contributed by atoms with van der Waals surface area (Å²) in [6.45, 7) is 4.86. The molecule has 3 atom stereocenters. The Hall–Kier alpha value is -0.930. The second kappa shape index (κ2) is 7.01. The fourth-order valence-electron chi connectivity index (χ4n) is 2.28. The molecule has 0 N–H and O–H groups in total. The monoisotopic (exact) mass is 278 g/mol. The van der Waals surface area contributed by atoms with Gasteiger partial charge in [-0.15, -0.1) is 0 Å². The van der Waals surface area contributed by atoms with Crippen LogP contribution in [0.5, 0.6) is 0 Å². The van der Waals surface area contributed by atoms with Crippen LogP contribution in [0.1, 0.15) is 31.7 Å². The first-order chi connectivity index (χ1) is 9.22. The lowest BCUT2D eigenvalue weighted by Gasteiger charge is -2.27. The van der Waals surface area contributed by atoms with Crippen molar-refractivity contribution in [1.29, 1.82) is 0 Å². The second-order valence-electron chi connectivity index (χ2n) is 5.02. The third kappa shape index (κ3) is 3.77. The maximum absolute atomic E-state index is 12.7. The number of hydrogen-bond donors (Lipinski definition) is 0. The Balaban J connectivity index is 2.12. The lowest BCUT2D eigenvalue weighted by Crippen LogP contribution is -2.34. The molecule has 1 unspecified atom stereocenters. The summed E-state index contributed by atoms with van der Waals surface area (Å²) in [5.41, 5.74) is 1.19. The highest BCUT2D eigenvalue weighted by Crippen LogP contribution is 2.23. The quantitative estimate of drug-likeness (QED) is 0.769. The number of benzene rings is 1. The van der Waals surface area contributed by atoms with Crippen LogP contribution in [0.15, 0.2) is 41.3 Å². The average molecular weight is 278 g/mol. The Bertz CT molecular complexity index is 450. The van der Waals surface area contributed by atoms with Crippen LogP contribution in [-0.4, -0.2) is 22.2 Å².